The number of benzene rings is 1. The molecule has 0 saturated heterocycles. The van der Waals surface area contributed by atoms with Crippen LogP contribution in [0.4, 0.5) is 0 Å². The van der Waals surface area contributed by atoms with Crippen molar-refractivity contribution in [1.82, 2.24) is 0 Å². The zero-order chi connectivity index (χ0) is 14.1. The molecule has 5 heteroatoms. The van der Waals surface area contributed by atoms with E-state index in [1.54, 1.807) is 0 Å². The molecule has 1 atom stereocenters. The maximum absolute atomic E-state index is 8.55. The highest BCUT2D eigenvalue weighted by atomic mass is 16.5. The van der Waals surface area contributed by atoms with Gasteiger partial charge in [0.2, 0.25) is 0 Å². The molecule has 0 aliphatic rings. The maximum Gasteiger partial charge on any atom is 0.142 e. The predicted molar refractivity (Wildman–Crippen MR) is 75.0 cm³/mol. The Labute approximate surface area is 114 Å². The van der Waals surface area contributed by atoms with E-state index in [0.717, 1.165) is 24.3 Å². The van der Waals surface area contributed by atoms with Crippen LogP contribution in [0, 0.1) is 0 Å². The van der Waals surface area contributed by atoms with Crippen LogP contribution < -0.4 is 15.2 Å². The lowest BCUT2D eigenvalue weighted by Crippen LogP contribution is -2.24. The van der Waals surface area contributed by atoms with Crippen molar-refractivity contribution < 1.29 is 14.7 Å². The lowest BCUT2D eigenvalue weighted by atomic mass is 10.2. The van der Waals surface area contributed by atoms with Crippen molar-refractivity contribution in [2.45, 2.75) is 39.2 Å². The molecule has 1 aromatic carbocycles. The smallest absolute Gasteiger partial charge is 0.142 e. The molecule has 0 saturated carbocycles. The zero-order valence-corrected chi connectivity index (χ0v) is 11.5. The standard InChI is InChI=1S/C14H22N2O3/c1-3-9-18-12-5-7-13(8-6-12)19-11(4-2)10-14(15)16-17/h5-8,11,17H,3-4,9-10H2,1-2H3,(H2,15,16). The Morgan fingerprint density at radius 3 is 2.42 bits per heavy atom. The number of nitrogens with zero attached hydrogens (tertiary/aromatic N) is 1. The summed E-state index contributed by atoms with van der Waals surface area (Å²) in [6.07, 6.45) is 2.07. The van der Waals surface area contributed by atoms with Crippen LogP contribution in [0.25, 0.3) is 0 Å². The Balaban J connectivity index is 2.55. The summed E-state index contributed by atoms with van der Waals surface area (Å²) in [5.74, 6) is 1.76. The molecule has 1 rings (SSSR count). The fourth-order valence-corrected chi connectivity index (χ4v) is 1.57. The third-order valence-electron chi connectivity index (χ3n) is 2.62. The van der Waals surface area contributed by atoms with Gasteiger partial charge in [0.05, 0.1) is 6.61 Å². The van der Waals surface area contributed by atoms with Crippen LogP contribution in [0.15, 0.2) is 29.4 Å². The lowest BCUT2D eigenvalue weighted by molar-refractivity contribution is 0.202. The Morgan fingerprint density at radius 2 is 1.89 bits per heavy atom. The number of ether oxygens (including phenoxy) is 2. The van der Waals surface area contributed by atoms with Crippen molar-refractivity contribution in [2.75, 3.05) is 6.61 Å². The summed E-state index contributed by atoms with van der Waals surface area (Å²) in [5, 5.41) is 11.5. The van der Waals surface area contributed by atoms with E-state index < -0.39 is 0 Å². The quantitative estimate of drug-likeness (QED) is 0.328. The fraction of sp³-hybridized carbons (Fsp3) is 0.500. The summed E-state index contributed by atoms with van der Waals surface area (Å²) in [6.45, 7) is 4.77. The zero-order valence-electron chi connectivity index (χ0n) is 11.5. The highest BCUT2D eigenvalue weighted by Crippen LogP contribution is 2.20. The first kappa shape index (κ1) is 15.1. The van der Waals surface area contributed by atoms with Crippen molar-refractivity contribution in [3.63, 3.8) is 0 Å². The molecule has 0 fully saturated rings. The molecule has 19 heavy (non-hydrogen) atoms. The molecule has 0 heterocycles. The molecule has 0 aliphatic heterocycles. The maximum atomic E-state index is 8.55. The predicted octanol–water partition coefficient (Wildman–Crippen LogP) is 2.77. The van der Waals surface area contributed by atoms with Crippen LogP contribution in [0.3, 0.4) is 0 Å². The first-order valence-corrected chi connectivity index (χ1v) is 6.55. The summed E-state index contributed by atoms with van der Waals surface area (Å²) in [7, 11) is 0. The monoisotopic (exact) mass is 266 g/mol. The van der Waals surface area contributed by atoms with E-state index in [9.17, 15) is 0 Å². The van der Waals surface area contributed by atoms with Gasteiger partial charge in [-0.15, -0.1) is 0 Å². The van der Waals surface area contributed by atoms with Crippen LogP contribution in [0.5, 0.6) is 11.5 Å². The number of nitrogens with two attached hydrogens (primary N) is 1. The van der Waals surface area contributed by atoms with E-state index in [1.165, 1.54) is 0 Å². The third-order valence-corrected chi connectivity index (χ3v) is 2.62. The van der Waals surface area contributed by atoms with Gasteiger partial charge in [0, 0.05) is 6.42 Å². The minimum atomic E-state index is -0.0988. The van der Waals surface area contributed by atoms with Gasteiger partial charge < -0.3 is 20.4 Å². The van der Waals surface area contributed by atoms with Crippen LogP contribution >= 0.6 is 0 Å². The molecule has 106 valence electrons. The molecule has 0 spiro atoms. The molecule has 0 amide bonds. The fourth-order valence-electron chi connectivity index (χ4n) is 1.57. The van der Waals surface area contributed by atoms with Gasteiger partial charge in [-0.1, -0.05) is 19.0 Å². The van der Waals surface area contributed by atoms with Gasteiger partial charge in [0.25, 0.3) is 0 Å². The molecular formula is C14H22N2O3. The number of hydrogen-bond acceptors (Lipinski definition) is 4. The molecule has 0 radical (unpaired) electrons. The van der Waals surface area contributed by atoms with Gasteiger partial charge in [0.1, 0.15) is 23.4 Å². The van der Waals surface area contributed by atoms with Crippen molar-refractivity contribution in [3.05, 3.63) is 24.3 Å². The summed E-state index contributed by atoms with van der Waals surface area (Å²) < 4.78 is 11.3. The second-order valence-electron chi connectivity index (χ2n) is 4.26. The van der Waals surface area contributed by atoms with Gasteiger partial charge in [-0.25, -0.2) is 0 Å². The van der Waals surface area contributed by atoms with Crippen molar-refractivity contribution >= 4 is 5.84 Å². The summed E-state index contributed by atoms with van der Waals surface area (Å²) in [6, 6.07) is 7.47. The average molecular weight is 266 g/mol. The Bertz CT molecular complexity index is 390. The molecule has 0 aromatic heterocycles. The molecule has 5 nitrogen and oxygen atoms in total. The van der Waals surface area contributed by atoms with Gasteiger partial charge >= 0.3 is 0 Å². The van der Waals surface area contributed by atoms with Crippen molar-refractivity contribution in [1.29, 1.82) is 0 Å². The minimum Gasteiger partial charge on any atom is -0.494 e. The van der Waals surface area contributed by atoms with E-state index in [4.69, 9.17) is 20.4 Å². The van der Waals surface area contributed by atoms with Crippen LogP contribution in [-0.2, 0) is 0 Å². The van der Waals surface area contributed by atoms with Crippen molar-refractivity contribution in [3.8, 4) is 11.5 Å². The Kier molecular flexibility index (Phi) is 6.57. The molecule has 1 aromatic rings. The Morgan fingerprint density at radius 1 is 1.26 bits per heavy atom. The van der Waals surface area contributed by atoms with E-state index in [2.05, 4.69) is 12.1 Å². The second-order valence-corrected chi connectivity index (χ2v) is 4.26. The van der Waals surface area contributed by atoms with Crippen molar-refractivity contribution in [2.24, 2.45) is 10.9 Å². The lowest BCUT2D eigenvalue weighted by Gasteiger charge is -2.17. The second kappa shape index (κ2) is 8.24. The summed E-state index contributed by atoms with van der Waals surface area (Å²) >= 11 is 0. The van der Waals surface area contributed by atoms with Crippen LogP contribution in [-0.4, -0.2) is 23.8 Å². The molecular weight excluding hydrogens is 244 g/mol. The minimum absolute atomic E-state index is 0.0988. The summed E-state index contributed by atoms with van der Waals surface area (Å²) in [5.41, 5.74) is 5.48. The topological polar surface area (TPSA) is 77.1 Å². The largest absolute Gasteiger partial charge is 0.494 e. The highest BCUT2D eigenvalue weighted by Gasteiger charge is 2.10. The molecule has 3 N–H and O–H groups in total. The van der Waals surface area contributed by atoms with E-state index in [1.807, 2.05) is 31.2 Å². The first-order chi connectivity index (χ1) is 9.19. The highest BCUT2D eigenvalue weighted by molar-refractivity contribution is 5.80. The first-order valence-electron chi connectivity index (χ1n) is 6.55. The molecule has 0 aliphatic carbocycles. The third kappa shape index (κ3) is 5.50. The molecule has 0 bridgehead atoms. The van der Waals surface area contributed by atoms with Crippen LogP contribution in [0.1, 0.15) is 33.1 Å². The van der Waals surface area contributed by atoms with E-state index >= 15 is 0 Å². The number of oxime groups is 1. The van der Waals surface area contributed by atoms with E-state index in [-0.39, 0.29) is 11.9 Å². The summed E-state index contributed by atoms with van der Waals surface area (Å²) in [4.78, 5) is 0. The van der Waals surface area contributed by atoms with Crippen LogP contribution in [0.2, 0.25) is 0 Å². The SMILES string of the molecule is CCCOc1ccc(OC(CC)C/C(N)=N/O)cc1. The van der Waals surface area contributed by atoms with Gasteiger partial charge in [0.15, 0.2) is 0 Å². The number of amidine groups is 1. The van der Waals surface area contributed by atoms with Gasteiger partial charge in [-0.2, -0.15) is 0 Å². The molecule has 1 unspecified atom stereocenters. The average Bonchev–Trinajstić information content (AvgIpc) is 2.45. The number of rotatable bonds is 8. The van der Waals surface area contributed by atoms with Gasteiger partial charge in [-0.3, -0.25) is 0 Å². The number of hydrogen-bond donors (Lipinski definition) is 2. The van der Waals surface area contributed by atoms with E-state index in [0.29, 0.717) is 13.0 Å². The normalized spacial score (nSPS) is 13.1. The Hall–Kier alpha value is -1.91. The van der Waals surface area contributed by atoms with Gasteiger partial charge in [-0.05, 0) is 37.1 Å².